The molecular formula is C5H10NaO4P. The first-order valence-corrected chi connectivity index (χ1v) is 5.06. The number of carbonyl (C=O) groups is 1. The van der Waals surface area contributed by atoms with Crippen LogP contribution >= 0.6 is 7.37 Å². The molecule has 0 aliphatic carbocycles. The van der Waals surface area contributed by atoms with Crippen molar-refractivity contribution < 1.29 is 48.5 Å². The molecule has 0 saturated heterocycles. The van der Waals surface area contributed by atoms with E-state index in [9.17, 15) is 14.5 Å². The Morgan fingerprint density at radius 1 is 1.64 bits per heavy atom. The molecule has 0 rings (SSSR count). The van der Waals surface area contributed by atoms with Gasteiger partial charge < -0.3 is 14.4 Å². The van der Waals surface area contributed by atoms with Gasteiger partial charge in [0.1, 0.15) is 0 Å². The van der Waals surface area contributed by atoms with Crippen LogP contribution in [0.1, 0.15) is 6.42 Å². The zero-order valence-corrected chi connectivity index (χ0v) is 9.89. The molecule has 4 nitrogen and oxygen atoms in total. The monoisotopic (exact) mass is 188 g/mol. The fourth-order valence-corrected chi connectivity index (χ4v) is 1.16. The van der Waals surface area contributed by atoms with Crippen molar-refractivity contribution >= 4 is 13.3 Å². The Labute approximate surface area is 88.1 Å². The van der Waals surface area contributed by atoms with Crippen LogP contribution in [0.2, 0.25) is 0 Å². The maximum Gasteiger partial charge on any atom is 1.00 e. The first-order valence-electron chi connectivity index (χ1n) is 2.80. The van der Waals surface area contributed by atoms with Crippen molar-refractivity contribution in [2.75, 3.05) is 19.9 Å². The van der Waals surface area contributed by atoms with E-state index in [4.69, 9.17) is 0 Å². The number of hydrogen-bond acceptors (Lipinski definition) is 4. The van der Waals surface area contributed by atoms with Crippen molar-refractivity contribution in [2.45, 2.75) is 6.42 Å². The first-order chi connectivity index (χ1) is 4.48. The van der Waals surface area contributed by atoms with Crippen molar-refractivity contribution in [1.82, 2.24) is 0 Å². The summed E-state index contributed by atoms with van der Waals surface area (Å²) in [5.74, 6) is -1.20. The zero-order valence-electron chi connectivity index (χ0n) is 6.99. The van der Waals surface area contributed by atoms with E-state index in [1.54, 1.807) is 0 Å². The number of aliphatic carboxylic acids is 1. The Morgan fingerprint density at radius 3 is 2.36 bits per heavy atom. The third kappa shape index (κ3) is 8.57. The summed E-state index contributed by atoms with van der Waals surface area (Å²) in [5.41, 5.74) is 0. The molecular weight excluding hydrogens is 178 g/mol. The first kappa shape index (κ1) is 14.2. The van der Waals surface area contributed by atoms with E-state index in [1.807, 2.05) is 0 Å². The van der Waals surface area contributed by atoms with Gasteiger partial charge in [-0.3, -0.25) is 4.57 Å². The summed E-state index contributed by atoms with van der Waals surface area (Å²) < 4.78 is 15.5. The summed E-state index contributed by atoms with van der Waals surface area (Å²) in [6, 6.07) is 0. The van der Waals surface area contributed by atoms with Gasteiger partial charge in [-0.2, -0.15) is 0 Å². The Bertz CT molecular complexity index is 170. The van der Waals surface area contributed by atoms with Gasteiger partial charge in [-0.25, -0.2) is 0 Å². The molecule has 1 unspecified atom stereocenters. The van der Waals surface area contributed by atoms with Crippen LogP contribution in [0.15, 0.2) is 0 Å². The van der Waals surface area contributed by atoms with Crippen LogP contribution in [-0.2, 0) is 13.9 Å². The van der Waals surface area contributed by atoms with Gasteiger partial charge in [0.05, 0.1) is 0 Å². The molecule has 0 heterocycles. The number of carboxylic acid groups (broad SMARTS) is 1. The fourth-order valence-electron chi connectivity index (χ4n) is 0.386. The topological polar surface area (TPSA) is 66.4 Å². The summed E-state index contributed by atoms with van der Waals surface area (Å²) in [6.07, 6.45) is -0.159. The second-order valence-electron chi connectivity index (χ2n) is 2.04. The van der Waals surface area contributed by atoms with Crippen LogP contribution in [0.4, 0.5) is 0 Å². The van der Waals surface area contributed by atoms with E-state index in [1.165, 1.54) is 13.8 Å². The molecule has 0 aliphatic rings. The van der Waals surface area contributed by atoms with Gasteiger partial charge in [-0.05, 0) is 6.42 Å². The Morgan fingerprint density at radius 2 is 2.09 bits per heavy atom. The average molecular weight is 188 g/mol. The normalized spacial score (nSPS) is 14.7. The van der Waals surface area contributed by atoms with E-state index in [0.29, 0.717) is 0 Å². The molecule has 0 bridgehead atoms. The Kier molecular flexibility index (Phi) is 8.01. The van der Waals surface area contributed by atoms with Crippen molar-refractivity contribution in [3.8, 4) is 0 Å². The Balaban J connectivity index is 0. The van der Waals surface area contributed by atoms with Crippen molar-refractivity contribution in [3.63, 3.8) is 0 Å². The molecule has 0 amide bonds. The van der Waals surface area contributed by atoms with Crippen molar-refractivity contribution in [1.29, 1.82) is 0 Å². The second-order valence-corrected chi connectivity index (χ2v) is 4.88. The van der Waals surface area contributed by atoms with Crippen molar-refractivity contribution in [2.24, 2.45) is 0 Å². The standard InChI is InChI=1S/C5H11O4P.Na/c1-9-10(2,8)4-3-5(6)7;/h3-4H2,1-2H3,(H,6,7);/q;+1/p-1. The van der Waals surface area contributed by atoms with Crippen LogP contribution in [0, 0.1) is 0 Å². The molecule has 0 N–H and O–H groups in total. The smallest absolute Gasteiger partial charge is 0.550 e. The van der Waals surface area contributed by atoms with Crippen LogP contribution in [-0.4, -0.2) is 25.9 Å². The van der Waals surface area contributed by atoms with Gasteiger partial charge in [-0.15, -0.1) is 0 Å². The van der Waals surface area contributed by atoms with Gasteiger partial charge in [0.2, 0.25) is 0 Å². The molecule has 0 aromatic carbocycles. The molecule has 1 atom stereocenters. The van der Waals surface area contributed by atoms with Gasteiger partial charge in [0, 0.05) is 25.9 Å². The Hall–Kier alpha value is 0.660. The summed E-state index contributed by atoms with van der Waals surface area (Å²) >= 11 is 0. The number of carbonyl (C=O) groups excluding carboxylic acids is 1. The van der Waals surface area contributed by atoms with Gasteiger partial charge >= 0.3 is 29.6 Å². The molecule has 0 fully saturated rings. The maximum absolute atomic E-state index is 11.0. The molecule has 11 heavy (non-hydrogen) atoms. The molecule has 6 heteroatoms. The predicted octanol–water partition coefficient (Wildman–Crippen LogP) is -3.32. The maximum atomic E-state index is 11.0. The van der Waals surface area contributed by atoms with E-state index < -0.39 is 13.3 Å². The summed E-state index contributed by atoms with van der Waals surface area (Å²) in [7, 11) is -1.35. The molecule has 0 spiro atoms. The van der Waals surface area contributed by atoms with Gasteiger partial charge in [0.15, 0.2) is 7.37 Å². The van der Waals surface area contributed by atoms with E-state index in [0.717, 1.165) is 0 Å². The van der Waals surface area contributed by atoms with Crippen molar-refractivity contribution in [3.05, 3.63) is 0 Å². The number of carboxylic acids is 1. The predicted molar refractivity (Wildman–Crippen MR) is 35.0 cm³/mol. The number of hydrogen-bond donors (Lipinski definition) is 0. The van der Waals surface area contributed by atoms with Gasteiger partial charge in [-0.1, -0.05) is 0 Å². The minimum atomic E-state index is -2.65. The van der Waals surface area contributed by atoms with Gasteiger partial charge in [0.25, 0.3) is 0 Å². The zero-order chi connectivity index (χ0) is 8.20. The molecule has 0 saturated carbocycles. The van der Waals surface area contributed by atoms with E-state index in [-0.39, 0.29) is 42.1 Å². The summed E-state index contributed by atoms with van der Waals surface area (Å²) in [4.78, 5) is 9.87. The molecule has 0 aromatic rings. The average Bonchev–Trinajstić information content (AvgIpc) is 1.85. The van der Waals surface area contributed by atoms with Crippen LogP contribution in [0.25, 0.3) is 0 Å². The SMILES string of the molecule is COP(C)(=O)CCC(=O)[O-].[Na+]. The summed E-state index contributed by atoms with van der Waals surface area (Å²) in [5, 5.41) is 9.87. The van der Waals surface area contributed by atoms with E-state index >= 15 is 0 Å². The third-order valence-corrected chi connectivity index (χ3v) is 2.92. The quantitative estimate of drug-likeness (QED) is 0.342. The molecule has 0 aliphatic heterocycles. The van der Waals surface area contributed by atoms with Crippen LogP contribution in [0.3, 0.4) is 0 Å². The fraction of sp³-hybridized carbons (Fsp3) is 0.800. The minimum Gasteiger partial charge on any atom is -0.550 e. The molecule has 0 aromatic heterocycles. The largest absolute Gasteiger partial charge is 1.00 e. The van der Waals surface area contributed by atoms with E-state index in [2.05, 4.69) is 4.52 Å². The second kappa shape index (κ2) is 6.21. The third-order valence-electron chi connectivity index (χ3n) is 1.11. The molecule has 60 valence electrons. The van der Waals surface area contributed by atoms with Crippen LogP contribution < -0.4 is 34.7 Å². The van der Waals surface area contributed by atoms with Crippen LogP contribution in [0.5, 0.6) is 0 Å². The summed E-state index contributed by atoms with van der Waals surface area (Å²) in [6.45, 7) is 1.40. The molecule has 0 radical (unpaired) electrons. The number of rotatable bonds is 4. The minimum absolute atomic E-state index is 0.